The fraction of sp³-hybridized carbons (Fsp3) is 0.222. The maximum atomic E-state index is 12.1. The predicted octanol–water partition coefficient (Wildman–Crippen LogP) is 3.52. The molecule has 2 aromatic rings. The van der Waals surface area contributed by atoms with E-state index in [2.05, 4.69) is 10.6 Å². The molecule has 0 aromatic heterocycles. The highest BCUT2D eigenvalue weighted by atomic mass is 35.5. The largest absolute Gasteiger partial charge is 0.450 e. The summed E-state index contributed by atoms with van der Waals surface area (Å²) in [5.41, 5.74) is 0.109. The molecule has 0 heterocycles. The van der Waals surface area contributed by atoms with Crippen molar-refractivity contribution in [1.29, 1.82) is 0 Å². The van der Waals surface area contributed by atoms with Crippen LogP contribution in [0.25, 0.3) is 0 Å². The number of nitrogens with one attached hydrogen (secondary N) is 2. The number of carbonyl (C=O) groups is 2. The summed E-state index contributed by atoms with van der Waals surface area (Å²) in [7, 11) is 0. The van der Waals surface area contributed by atoms with E-state index < -0.39 is 11.0 Å². The molecule has 2 aromatic carbocycles. The number of nitrogens with zero attached hydrogens (tertiary/aromatic N) is 1. The molecule has 0 unspecified atom stereocenters. The molecule has 0 saturated heterocycles. The third kappa shape index (κ3) is 6.13. The van der Waals surface area contributed by atoms with Gasteiger partial charge in [-0.1, -0.05) is 11.6 Å². The van der Waals surface area contributed by atoms with Crippen LogP contribution in [0.2, 0.25) is 5.02 Å². The van der Waals surface area contributed by atoms with Crippen molar-refractivity contribution in [3.05, 3.63) is 63.2 Å². The lowest BCUT2D eigenvalue weighted by Gasteiger charge is -2.09. The number of rotatable bonds is 8. The van der Waals surface area contributed by atoms with Crippen LogP contribution in [0.15, 0.2) is 42.5 Å². The van der Waals surface area contributed by atoms with Gasteiger partial charge in [0.1, 0.15) is 5.75 Å². The first-order chi connectivity index (χ1) is 13.4. The number of hydrogen-bond donors (Lipinski definition) is 2. The van der Waals surface area contributed by atoms with Crippen molar-refractivity contribution in [3.63, 3.8) is 0 Å². The van der Waals surface area contributed by atoms with E-state index in [4.69, 9.17) is 21.1 Å². The Morgan fingerprint density at radius 2 is 1.79 bits per heavy atom. The third-order valence-electron chi connectivity index (χ3n) is 3.42. The van der Waals surface area contributed by atoms with Gasteiger partial charge < -0.3 is 20.1 Å². The summed E-state index contributed by atoms with van der Waals surface area (Å²) in [6.07, 6.45) is -0.547. The maximum Gasteiger partial charge on any atom is 0.407 e. The van der Waals surface area contributed by atoms with E-state index >= 15 is 0 Å². The van der Waals surface area contributed by atoms with E-state index in [-0.39, 0.29) is 42.1 Å². The molecular weight excluding hydrogens is 390 g/mol. The van der Waals surface area contributed by atoms with Gasteiger partial charge in [-0.25, -0.2) is 4.79 Å². The predicted molar refractivity (Wildman–Crippen MR) is 102 cm³/mol. The van der Waals surface area contributed by atoms with Crippen LogP contribution in [-0.2, 0) is 4.74 Å². The molecule has 0 fully saturated rings. The van der Waals surface area contributed by atoms with Crippen molar-refractivity contribution in [2.24, 2.45) is 0 Å². The van der Waals surface area contributed by atoms with Crippen molar-refractivity contribution in [1.82, 2.24) is 10.6 Å². The summed E-state index contributed by atoms with van der Waals surface area (Å²) in [6.45, 7) is 2.42. The van der Waals surface area contributed by atoms with Crippen LogP contribution in [0.5, 0.6) is 11.5 Å². The van der Waals surface area contributed by atoms with Crippen molar-refractivity contribution < 1.29 is 24.0 Å². The van der Waals surface area contributed by atoms with E-state index in [0.717, 1.165) is 0 Å². The van der Waals surface area contributed by atoms with E-state index in [1.54, 1.807) is 6.92 Å². The summed E-state index contributed by atoms with van der Waals surface area (Å²) < 4.78 is 10.2. The molecule has 0 aliphatic carbocycles. The van der Waals surface area contributed by atoms with Crippen molar-refractivity contribution in [3.8, 4) is 11.5 Å². The molecule has 0 saturated carbocycles. The summed E-state index contributed by atoms with van der Waals surface area (Å²) in [5.74, 6) is 0.0253. The number of ether oxygens (including phenoxy) is 2. The van der Waals surface area contributed by atoms with Gasteiger partial charge in [-0.2, -0.15) is 0 Å². The molecule has 2 rings (SSSR count). The van der Waals surface area contributed by atoms with Gasteiger partial charge in [0.2, 0.25) is 5.75 Å². The molecule has 2 amide bonds. The molecule has 10 heteroatoms. The molecule has 0 aliphatic rings. The molecule has 148 valence electrons. The van der Waals surface area contributed by atoms with Gasteiger partial charge in [-0.3, -0.25) is 14.9 Å². The molecular formula is C18H18ClN3O6. The number of carbonyl (C=O) groups excluding carboxylic acids is 2. The van der Waals surface area contributed by atoms with E-state index in [1.807, 2.05) is 0 Å². The van der Waals surface area contributed by atoms with E-state index in [0.29, 0.717) is 11.3 Å². The smallest absolute Gasteiger partial charge is 0.407 e. The van der Waals surface area contributed by atoms with Crippen molar-refractivity contribution in [2.75, 3.05) is 19.7 Å². The summed E-state index contributed by atoms with van der Waals surface area (Å²) in [5, 5.41) is 16.4. The zero-order valence-electron chi connectivity index (χ0n) is 14.9. The van der Waals surface area contributed by atoms with Crippen LogP contribution in [-0.4, -0.2) is 36.6 Å². The van der Waals surface area contributed by atoms with Gasteiger partial charge in [0.25, 0.3) is 5.91 Å². The minimum absolute atomic E-state index is 0.0386. The number of nitro groups is 1. The summed E-state index contributed by atoms with van der Waals surface area (Å²) in [6, 6.07) is 10.2. The first-order valence-corrected chi connectivity index (χ1v) is 8.69. The Balaban J connectivity index is 1.92. The molecule has 0 radical (unpaired) electrons. The number of amides is 2. The van der Waals surface area contributed by atoms with Gasteiger partial charge >= 0.3 is 11.8 Å². The first-order valence-electron chi connectivity index (χ1n) is 8.31. The van der Waals surface area contributed by atoms with Gasteiger partial charge in [0.15, 0.2) is 0 Å². The minimum Gasteiger partial charge on any atom is -0.450 e. The lowest BCUT2D eigenvalue weighted by Crippen LogP contribution is -2.34. The van der Waals surface area contributed by atoms with Crippen molar-refractivity contribution in [2.45, 2.75) is 6.92 Å². The zero-order chi connectivity index (χ0) is 20.5. The number of hydrogen-bond acceptors (Lipinski definition) is 6. The average molecular weight is 408 g/mol. The van der Waals surface area contributed by atoms with Gasteiger partial charge in [-0.05, 0) is 43.3 Å². The van der Waals surface area contributed by atoms with Crippen LogP contribution in [0.3, 0.4) is 0 Å². The molecule has 0 bridgehead atoms. The molecule has 0 spiro atoms. The Morgan fingerprint density at radius 1 is 1.11 bits per heavy atom. The number of alkyl carbamates (subject to hydrolysis) is 1. The fourth-order valence-corrected chi connectivity index (χ4v) is 2.31. The molecule has 0 atom stereocenters. The monoisotopic (exact) mass is 407 g/mol. The molecule has 9 nitrogen and oxygen atoms in total. The lowest BCUT2D eigenvalue weighted by atomic mass is 10.2. The minimum atomic E-state index is -0.590. The number of halogens is 1. The van der Waals surface area contributed by atoms with Gasteiger partial charge in [-0.15, -0.1) is 0 Å². The second kappa shape index (κ2) is 10.1. The van der Waals surface area contributed by atoms with Crippen molar-refractivity contribution >= 4 is 29.3 Å². The zero-order valence-corrected chi connectivity index (χ0v) is 15.7. The summed E-state index contributed by atoms with van der Waals surface area (Å²) in [4.78, 5) is 33.7. The quantitative estimate of drug-likeness (QED) is 0.392. The Bertz CT molecular complexity index is 857. The van der Waals surface area contributed by atoms with Crippen LogP contribution >= 0.6 is 11.6 Å². The normalized spacial score (nSPS) is 10.1. The average Bonchev–Trinajstić information content (AvgIpc) is 2.67. The van der Waals surface area contributed by atoms with E-state index in [9.17, 15) is 19.7 Å². The number of nitro benzene ring substituents is 1. The standard InChI is InChI=1S/C18H18ClN3O6/c1-2-27-18(24)21-10-9-20-17(23)12-3-6-14(7-4-12)28-16-8-5-13(19)11-15(16)22(25)26/h3-8,11H,2,9-10H2,1H3,(H,20,23)(H,21,24). The summed E-state index contributed by atoms with van der Waals surface area (Å²) >= 11 is 5.77. The van der Waals surface area contributed by atoms with Gasteiger partial charge in [0.05, 0.1) is 11.5 Å². The first kappa shape index (κ1) is 21.0. The maximum absolute atomic E-state index is 12.1. The van der Waals surface area contributed by atoms with Crippen LogP contribution in [0, 0.1) is 10.1 Å². The fourth-order valence-electron chi connectivity index (χ4n) is 2.15. The Morgan fingerprint density at radius 3 is 2.43 bits per heavy atom. The molecule has 28 heavy (non-hydrogen) atoms. The second-order valence-electron chi connectivity index (χ2n) is 5.40. The van der Waals surface area contributed by atoms with Crippen LogP contribution in [0.1, 0.15) is 17.3 Å². The highest BCUT2D eigenvalue weighted by Crippen LogP contribution is 2.33. The number of benzene rings is 2. The highest BCUT2D eigenvalue weighted by Gasteiger charge is 2.16. The topological polar surface area (TPSA) is 120 Å². The Hall–Kier alpha value is -3.33. The Kier molecular flexibility index (Phi) is 7.58. The van der Waals surface area contributed by atoms with E-state index in [1.165, 1.54) is 42.5 Å². The molecule has 2 N–H and O–H groups in total. The van der Waals surface area contributed by atoms with Gasteiger partial charge in [0, 0.05) is 29.7 Å². The van der Waals surface area contributed by atoms with Crippen LogP contribution in [0.4, 0.5) is 10.5 Å². The highest BCUT2D eigenvalue weighted by molar-refractivity contribution is 6.30. The SMILES string of the molecule is CCOC(=O)NCCNC(=O)c1ccc(Oc2ccc(Cl)cc2[N+](=O)[O-])cc1. The molecule has 0 aliphatic heterocycles. The Labute approximate surface area is 165 Å². The second-order valence-corrected chi connectivity index (χ2v) is 5.84. The van der Waals surface area contributed by atoms with Crippen LogP contribution < -0.4 is 15.4 Å². The third-order valence-corrected chi connectivity index (χ3v) is 3.65. The lowest BCUT2D eigenvalue weighted by molar-refractivity contribution is -0.385.